The molecule has 1 aliphatic rings. The molecule has 2 heterocycles. The summed E-state index contributed by atoms with van der Waals surface area (Å²) in [6.07, 6.45) is 5.56. The van der Waals surface area contributed by atoms with E-state index >= 15 is 0 Å². The number of hydrogen-bond acceptors (Lipinski definition) is 3. The Hall–Kier alpha value is -2.99. The van der Waals surface area contributed by atoms with Crippen LogP contribution in [0.5, 0.6) is 0 Å². The first-order valence-electron chi connectivity index (χ1n) is 8.79. The molecule has 3 heteroatoms. The first kappa shape index (κ1) is 15.5. The largest absolute Gasteiger partial charge is 0.441 e. The topological polar surface area (TPSA) is 40.2 Å². The summed E-state index contributed by atoms with van der Waals surface area (Å²) in [6.45, 7) is 2.10. The third-order valence-corrected chi connectivity index (χ3v) is 4.75. The van der Waals surface area contributed by atoms with Crippen molar-refractivity contribution in [2.45, 2.75) is 19.3 Å². The van der Waals surface area contributed by atoms with Crippen LogP contribution < -0.4 is 4.90 Å². The van der Waals surface area contributed by atoms with Crippen molar-refractivity contribution in [3.8, 4) is 6.07 Å². The molecule has 0 unspecified atom stereocenters. The van der Waals surface area contributed by atoms with E-state index < -0.39 is 0 Å². The molecule has 0 aliphatic carbocycles. The minimum atomic E-state index is 0.616. The number of hydrogen-bond donors (Lipinski definition) is 0. The summed E-state index contributed by atoms with van der Waals surface area (Å²) in [5, 5.41) is 11.9. The number of nitrogens with zero attached hydrogens (tertiary/aromatic N) is 2. The highest BCUT2D eigenvalue weighted by Gasteiger charge is 2.14. The molecule has 0 atom stereocenters. The third-order valence-electron chi connectivity index (χ3n) is 4.75. The number of furan rings is 1. The highest BCUT2D eigenvalue weighted by atomic mass is 16.4. The Morgan fingerprint density at radius 1 is 0.960 bits per heavy atom. The van der Waals surface area contributed by atoms with E-state index in [0.717, 1.165) is 35.7 Å². The van der Waals surface area contributed by atoms with Gasteiger partial charge in [0.1, 0.15) is 5.76 Å². The molecule has 3 aromatic rings. The maximum absolute atomic E-state index is 9.60. The summed E-state index contributed by atoms with van der Waals surface area (Å²) in [5.74, 6) is 1.63. The van der Waals surface area contributed by atoms with Gasteiger partial charge in [-0.1, -0.05) is 36.4 Å². The van der Waals surface area contributed by atoms with Gasteiger partial charge in [0, 0.05) is 19.2 Å². The van der Waals surface area contributed by atoms with Crippen LogP contribution in [0.2, 0.25) is 0 Å². The summed E-state index contributed by atoms with van der Waals surface area (Å²) in [4.78, 5) is 2.28. The fourth-order valence-electron chi connectivity index (χ4n) is 3.38. The second-order valence-electron chi connectivity index (χ2n) is 6.46. The quantitative estimate of drug-likeness (QED) is 0.597. The van der Waals surface area contributed by atoms with Crippen molar-refractivity contribution in [3.63, 3.8) is 0 Å². The lowest BCUT2D eigenvalue weighted by Gasteiger charge is -2.25. The third kappa shape index (κ3) is 3.29. The highest BCUT2D eigenvalue weighted by Crippen LogP contribution is 2.27. The number of benzene rings is 2. The molecule has 0 saturated carbocycles. The Morgan fingerprint density at radius 3 is 2.56 bits per heavy atom. The molecule has 1 aromatic heterocycles. The zero-order valence-corrected chi connectivity index (χ0v) is 14.1. The second kappa shape index (κ2) is 6.86. The molecule has 0 N–H and O–H groups in total. The maximum atomic E-state index is 9.60. The molecule has 0 amide bonds. The molecule has 0 bridgehead atoms. The molecule has 4 rings (SSSR count). The average Bonchev–Trinajstić information content (AvgIpc) is 3.15. The zero-order chi connectivity index (χ0) is 17.1. The number of anilines is 1. The minimum absolute atomic E-state index is 0.616. The van der Waals surface area contributed by atoms with Gasteiger partial charge in [-0.2, -0.15) is 5.26 Å². The van der Waals surface area contributed by atoms with Crippen molar-refractivity contribution in [1.29, 1.82) is 5.26 Å². The normalized spacial score (nSPS) is 15.3. The lowest BCUT2D eigenvalue weighted by molar-refractivity contribution is 0.496. The molecule has 0 radical (unpaired) electrons. The van der Waals surface area contributed by atoms with Crippen LogP contribution in [-0.4, -0.2) is 13.1 Å². The fourth-order valence-corrected chi connectivity index (χ4v) is 3.38. The van der Waals surface area contributed by atoms with Crippen LogP contribution in [0, 0.1) is 11.3 Å². The van der Waals surface area contributed by atoms with Crippen molar-refractivity contribution in [2.24, 2.45) is 0 Å². The average molecular weight is 328 g/mol. The van der Waals surface area contributed by atoms with Gasteiger partial charge in [-0.15, -0.1) is 0 Å². The lowest BCUT2D eigenvalue weighted by atomic mass is 10.0. The predicted octanol–water partition coefficient (Wildman–Crippen LogP) is 5.49. The van der Waals surface area contributed by atoms with Gasteiger partial charge in [0.05, 0.1) is 11.6 Å². The molecule has 1 aliphatic heterocycles. The summed E-state index contributed by atoms with van der Waals surface area (Å²) >= 11 is 0. The Kier molecular flexibility index (Phi) is 4.26. The molecule has 25 heavy (non-hydrogen) atoms. The maximum Gasteiger partial charge on any atom is 0.196 e. The fraction of sp³-hybridized carbons (Fsp3) is 0.227. The molecular formula is C22H20N2O. The summed E-state index contributed by atoms with van der Waals surface area (Å²) < 4.78 is 5.96. The van der Waals surface area contributed by atoms with Gasteiger partial charge in [-0.3, -0.25) is 0 Å². The lowest BCUT2D eigenvalue weighted by Crippen LogP contribution is -2.28. The van der Waals surface area contributed by atoms with E-state index in [0.29, 0.717) is 5.57 Å². The van der Waals surface area contributed by atoms with E-state index in [9.17, 15) is 5.26 Å². The van der Waals surface area contributed by atoms with Crippen molar-refractivity contribution in [1.82, 2.24) is 0 Å². The molecule has 124 valence electrons. The van der Waals surface area contributed by atoms with E-state index in [-0.39, 0.29) is 0 Å². The van der Waals surface area contributed by atoms with Gasteiger partial charge in [0.2, 0.25) is 0 Å². The number of allylic oxidation sites excluding steroid dienone is 1. The van der Waals surface area contributed by atoms with Gasteiger partial charge in [-0.05, 0) is 53.8 Å². The first-order chi connectivity index (χ1) is 12.3. The molecule has 1 saturated heterocycles. The van der Waals surface area contributed by atoms with Crippen molar-refractivity contribution in [2.75, 3.05) is 18.0 Å². The van der Waals surface area contributed by atoms with E-state index in [2.05, 4.69) is 35.2 Å². The van der Waals surface area contributed by atoms with Crippen LogP contribution in [0.3, 0.4) is 0 Å². The molecule has 1 fully saturated rings. The first-order valence-corrected chi connectivity index (χ1v) is 8.79. The van der Waals surface area contributed by atoms with E-state index in [1.165, 1.54) is 24.6 Å². The standard InChI is InChI=1S/C22H20N2O/c23-16-20(19-9-8-17-6-2-3-7-18(17)14-19)15-21-10-11-22(25-21)24-12-4-1-5-13-24/h2-3,6-11,14-15H,1,4-5,12-13H2/b20-15-. The van der Waals surface area contributed by atoms with Crippen molar-refractivity contribution >= 4 is 28.3 Å². The van der Waals surface area contributed by atoms with Crippen LogP contribution in [0.1, 0.15) is 30.6 Å². The number of rotatable bonds is 3. The molecular weight excluding hydrogens is 308 g/mol. The number of fused-ring (bicyclic) bond motifs is 1. The Labute approximate surface area is 147 Å². The van der Waals surface area contributed by atoms with Crippen LogP contribution in [0.15, 0.2) is 59.0 Å². The minimum Gasteiger partial charge on any atom is -0.441 e. The van der Waals surface area contributed by atoms with Crippen molar-refractivity contribution in [3.05, 3.63) is 65.9 Å². The van der Waals surface area contributed by atoms with Gasteiger partial charge >= 0.3 is 0 Å². The summed E-state index contributed by atoms with van der Waals surface area (Å²) in [7, 11) is 0. The van der Waals surface area contributed by atoms with Gasteiger partial charge in [0.25, 0.3) is 0 Å². The Bertz CT molecular complexity index is 955. The Balaban J connectivity index is 1.63. The zero-order valence-electron chi connectivity index (χ0n) is 14.1. The van der Waals surface area contributed by atoms with Crippen LogP contribution in [-0.2, 0) is 0 Å². The molecule has 0 spiro atoms. The smallest absolute Gasteiger partial charge is 0.196 e. The SMILES string of the molecule is N#C/C(=C/c1ccc(N2CCCCC2)o1)c1ccc2ccccc2c1. The Morgan fingerprint density at radius 2 is 1.76 bits per heavy atom. The number of nitriles is 1. The monoisotopic (exact) mass is 328 g/mol. The summed E-state index contributed by atoms with van der Waals surface area (Å²) in [6, 6.07) is 20.5. The van der Waals surface area contributed by atoms with Crippen LogP contribution >= 0.6 is 0 Å². The van der Waals surface area contributed by atoms with Gasteiger partial charge < -0.3 is 9.32 Å². The molecule has 3 nitrogen and oxygen atoms in total. The predicted molar refractivity (Wildman–Crippen MR) is 102 cm³/mol. The van der Waals surface area contributed by atoms with Crippen LogP contribution in [0.4, 0.5) is 5.88 Å². The van der Waals surface area contributed by atoms with Crippen molar-refractivity contribution < 1.29 is 4.42 Å². The molecule has 2 aromatic carbocycles. The van der Waals surface area contributed by atoms with Crippen LogP contribution in [0.25, 0.3) is 22.4 Å². The second-order valence-corrected chi connectivity index (χ2v) is 6.46. The van der Waals surface area contributed by atoms with E-state index in [1.54, 1.807) is 0 Å². The van der Waals surface area contributed by atoms with Gasteiger partial charge in [0.15, 0.2) is 5.88 Å². The van der Waals surface area contributed by atoms with E-state index in [4.69, 9.17) is 4.42 Å². The van der Waals surface area contributed by atoms with E-state index in [1.807, 2.05) is 36.4 Å². The highest BCUT2D eigenvalue weighted by molar-refractivity contribution is 5.93. The number of piperidine rings is 1. The van der Waals surface area contributed by atoms with Gasteiger partial charge in [-0.25, -0.2) is 0 Å². The summed E-state index contributed by atoms with van der Waals surface area (Å²) in [5.41, 5.74) is 1.53.